The predicted octanol–water partition coefficient (Wildman–Crippen LogP) is 2.54. The monoisotopic (exact) mass is 262 g/mol. The van der Waals surface area contributed by atoms with Gasteiger partial charge in [0.15, 0.2) is 0 Å². The Balaban J connectivity index is 1.84. The van der Waals surface area contributed by atoms with Crippen molar-refractivity contribution in [2.45, 2.75) is 31.1 Å². The van der Waals surface area contributed by atoms with Crippen LogP contribution in [0.4, 0.5) is 4.39 Å². The van der Waals surface area contributed by atoms with E-state index in [1.54, 1.807) is 12.1 Å². The van der Waals surface area contributed by atoms with Crippen molar-refractivity contribution in [3.63, 3.8) is 0 Å². The molecule has 1 aliphatic heterocycles. The second-order valence-corrected chi connectivity index (χ2v) is 5.99. The molecule has 1 saturated carbocycles. The molecule has 0 spiro atoms. The van der Waals surface area contributed by atoms with Crippen LogP contribution >= 0.6 is 0 Å². The molecule has 1 N–H and O–H groups in total. The van der Waals surface area contributed by atoms with Crippen molar-refractivity contribution in [3.8, 4) is 0 Å². The van der Waals surface area contributed by atoms with Gasteiger partial charge >= 0.3 is 0 Å². The maximum absolute atomic E-state index is 14.2. The van der Waals surface area contributed by atoms with Gasteiger partial charge in [0, 0.05) is 38.1 Å². The van der Waals surface area contributed by atoms with Gasteiger partial charge in [0.2, 0.25) is 0 Å². The average Bonchev–Trinajstić information content (AvgIpc) is 2.90. The van der Waals surface area contributed by atoms with E-state index in [0.29, 0.717) is 0 Å². The number of nitrogens with zero attached hydrogens (tertiary/aromatic N) is 1. The van der Waals surface area contributed by atoms with Crippen molar-refractivity contribution in [3.05, 3.63) is 35.6 Å². The third-order valence-corrected chi connectivity index (χ3v) is 4.74. The molecule has 0 bridgehead atoms. The summed E-state index contributed by atoms with van der Waals surface area (Å²) in [5.41, 5.74) is 1.01. The zero-order valence-electron chi connectivity index (χ0n) is 11.5. The number of benzene rings is 1. The van der Waals surface area contributed by atoms with Gasteiger partial charge in [0.25, 0.3) is 0 Å². The molecule has 0 unspecified atom stereocenters. The lowest BCUT2D eigenvalue weighted by molar-refractivity contribution is 0.183. The number of rotatable bonds is 3. The van der Waals surface area contributed by atoms with E-state index in [1.165, 1.54) is 12.8 Å². The van der Waals surface area contributed by atoms with Crippen LogP contribution in [0.2, 0.25) is 0 Å². The largest absolute Gasteiger partial charge is 0.314 e. The summed E-state index contributed by atoms with van der Waals surface area (Å²) in [5.74, 6) is -0.0143. The van der Waals surface area contributed by atoms with Gasteiger partial charge in [-0.2, -0.15) is 0 Å². The Morgan fingerprint density at radius 3 is 2.47 bits per heavy atom. The minimum Gasteiger partial charge on any atom is -0.314 e. The van der Waals surface area contributed by atoms with Crippen LogP contribution in [-0.2, 0) is 5.41 Å². The van der Waals surface area contributed by atoms with Gasteiger partial charge in [-0.15, -0.1) is 0 Å². The smallest absolute Gasteiger partial charge is 0.127 e. The molecule has 1 aromatic rings. The van der Waals surface area contributed by atoms with Crippen LogP contribution in [0.15, 0.2) is 24.3 Å². The lowest BCUT2D eigenvalue weighted by atomic mass is 9.78. The molecule has 1 aromatic carbocycles. The van der Waals surface area contributed by atoms with Gasteiger partial charge in [0.05, 0.1) is 0 Å². The van der Waals surface area contributed by atoms with Crippen molar-refractivity contribution < 1.29 is 4.39 Å². The molecule has 0 amide bonds. The normalized spacial score (nSPS) is 23.6. The summed E-state index contributed by atoms with van der Waals surface area (Å²) in [7, 11) is 0. The van der Waals surface area contributed by atoms with Crippen LogP contribution in [0, 0.1) is 5.82 Å². The molecule has 0 aromatic heterocycles. The first-order valence-electron chi connectivity index (χ1n) is 7.48. The molecule has 2 nitrogen and oxygen atoms in total. The molecule has 1 saturated heterocycles. The summed E-state index contributed by atoms with van der Waals surface area (Å²) in [5, 5.41) is 3.39. The fourth-order valence-corrected chi connectivity index (χ4v) is 3.75. The lowest BCUT2D eigenvalue weighted by Gasteiger charge is -2.38. The molecular weight excluding hydrogens is 239 g/mol. The Labute approximate surface area is 115 Å². The Kier molecular flexibility index (Phi) is 3.85. The average molecular weight is 262 g/mol. The van der Waals surface area contributed by atoms with Crippen molar-refractivity contribution in [1.82, 2.24) is 10.2 Å². The third-order valence-electron chi connectivity index (χ3n) is 4.74. The van der Waals surface area contributed by atoms with Crippen LogP contribution < -0.4 is 5.32 Å². The van der Waals surface area contributed by atoms with E-state index in [0.717, 1.165) is 51.1 Å². The number of halogens is 1. The first-order chi connectivity index (χ1) is 9.30. The van der Waals surface area contributed by atoms with Crippen molar-refractivity contribution >= 4 is 0 Å². The standard InChI is InChI=1S/C16H23FN2/c17-15-6-2-1-5-14(15)16(7-3-4-8-16)13-19-11-9-18-10-12-19/h1-2,5-6,18H,3-4,7-13H2. The minimum atomic E-state index is -0.0143. The van der Waals surface area contributed by atoms with Crippen LogP contribution in [0.5, 0.6) is 0 Å². The molecule has 104 valence electrons. The Morgan fingerprint density at radius 2 is 1.79 bits per heavy atom. The van der Waals surface area contributed by atoms with Crippen molar-refractivity contribution in [2.75, 3.05) is 32.7 Å². The lowest BCUT2D eigenvalue weighted by Crippen LogP contribution is -2.49. The van der Waals surface area contributed by atoms with Gasteiger partial charge in [-0.05, 0) is 24.5 Å². The molecule has 19 heavy (non-hydrogen) atoms. The van der Waals surface area contributed by atoms with Crippen molar-refractivity contribution in [2.24, 2.45) is 0 Å². The molecule has 3 rings (SSSR count). The molecule has 0 radical (unpaired) electrons. The SMILES string of the molecule is Fc1ccccc1C1(CN2CCNCC2)CCCC1. The van der Waals surface area contributed by atoms with Gasteiger partial charge in [-0.1, -0.05) is 31.0 Å². The zero-order chi connectivity index (χ0) is 13.1. The van der Waals surface area contributed by atoms with E-state index in [-0.39, 0.29) is 11.2 Å². The highest BCUT2D eigenvalue weighted by Gasteiger charge is 2.39. The summed E-state index contributed by atoms with van der Waals surface area (Å²) in [6, 6.07) is 7.40. The quantitative estimate of drug-likeness (QED) is 0.900. The molecule has 1 heterocycles. The summed E-state index contributed by atoms with van der Waals surface area (Å²) in [6.07, 6.45) is 4.75. The zero-order valence-corrected chi connectivity index (χ0v) is 11.5. The minimum absolute atomic E-state index is 0.0143. The van der Waals surface area contributed by atoms with Crippen LogP contribution in [-0.4, -0.2) is 37.6 Å². The first-order valence-corrected chi connectivity index (χ1v) is 7.48. The van der Waals surface area contributed by atoms with Crippen LogP contribution in [0.25, 0.3) is 0 Å². The van der Waals surface area contributed by atoms with Crippen LogP contribution in [0.1, 0.15) is 31.2 Å². The highest BCUT2D eigenvalue weighted by molar-refractivity contribution is 5.29. The highest BCUT2D eigenvalue weighted by Crippen LogP contribution is 2.42. The summed E-state index contributed by atoms with van der Waals surface area (Å²) < 4.78 is 14.2. The topological polar surface area (TPSA) is 15.3 Å². The van der Waals surface area contributed by atoms with E-state index in [2.05, 4.69) is 10.2 Å². The van der Waals surface area contributed by atoms with E-state index in [4.69, 9.17) is 0 Å². The summed E-state index contributed by atoms with van der Waals surface area (Å²) in [6.45, 7) is 5.34. The van der Waals surface area contributed by atoms with Crippen LogP contribution in [0.3, 0.4) is 0 Å². The number of hydrogen-bond donors (Lipinski definition) is 1. The molecule has 2 fully saturated rings. The molecule has 0 atom stereocenters. The second kappa shape index (κ2) is 5.59. The van der Waals surface area contributed by atoms with Gasteiger partial charge in [-0.3, -0.25) is 4.90 Å². The molecular formula is C16H23FN2. The molecule has 1 aliphatic carbocycles. The summed E-state index contributed by atoms with van der Waals surface area (Å²) in [4.78, 5) is 2.51. The summed E-state index contributed by atoms with van der Waals surface area (Å²) >= 11 is 0. The Bertz CT molecular complexity index is 421. The van der Waals surface area contributed by atoms with E-state index < -0.39 is 0 Å². The Hall–Kier alpha value is -0.930. The van der Waals surface area contributed by atoms with Gasteiger partial charge in [-0.25, -0.2) is 4.39 Å². The number of hydrogen-bond acceptors (Lipinski definition) is 2. The fourth-order valence-electron chi connectivity index (χ4n) is 3.75. The number of nitrogens with one attached hydrogen (secondary N) is 1. The molecule has 2 aliphatic rings. The fraction of sp³-hybridized carbons (Fsp3) is 0.625. The highest BCUT2D eigenvalue weighted by atomic mass is 19.1. The third kappa shape index (κ3) is 2.67. The second-order valence-electron chi connectivity index (χ2n) is 5.99. The maximum atomic E-state index is 14.2. The molecule has 3 heteroatoms. The maximum Gasteiger partial charge on any atom is 0.127 e. The predicted molar refractivity (Wildman–Crippen MR) is 75.9 cm³/mol. The van der Waals surface area contributed by atoms with Crippen molar-refractivity contribution in [1.29, 1.82) is 0 Å². The number of piperazine rings is 1. The van der Waals surface area contributed by atoms with E-state index >= 15 is 0 Å². The Morgan fingerprint density at radius 1 is 1.11 bits per heavy atom. The van der Waals surface area contributed by atoms with Gasteiger partial charge < -0.3 is 5.32 Å². The van der Waals surface area contributed by atoms with E-state index in [9.17, 15) is 4.39 Å². The van der Waals surface area contributed by atoms with E-state index in [1.807, 2.05) is 12.1 Å². The van der Waals surface area contributed by atoms with Gasteiger partial charge in [0.1, 0.15) is 5.82 Å². The first kappa shape index (κ1) is 13.1.